The first-order valence-corrected chi connectivity index (χ1v) is 6.46. The van der Waals surface area contributed by atoms with E-state index in [0.717, 1.165) is 0 Å². The molecular weight excluding hydrogens is 202 g/mol. The summed E-state index contributed by atoms with van der Waals surface area (Å²) in [4.78, 5) is 0. The van der Waals surface area contributed by atoms with Crippen LogP contribution in [0.4, 0.5) is 0 Å². The molecule has 0 heterocycles. The van der Waals surface area contributed by atoms with Gasteiger partial charge >= 0.3 is 0 Å². The molecule has 0 amide bonds. The molecule has 5 heteroatoms. The zero-order chi connectivity index (χ0) is 11.4. The fourth-order valence-corrected chi connectivity index (χ4v) is 2.69. The topological polar surface area (TPSA) is 66.4 Å². The first kappa shape index (κ1) is 13.9. The third-order valence-corrected chi connectivity index (χ3v) is 3.43. The molecule has 0 unspecified atom stereocenters. The van der Waals surface area contributed by atoms with Crippen molar-refractivity contribution in [2.75, 3.05) is 12.4 Å². The fourth-order valence-electron chi connectivity index (χ4n) is 0.895. The van der Waals surface area contributed by atoms with Crippen molar-refractivity contribution in [2.24, 2.45) is 5.92 Å². The number of aliphatic hydroxyl groups is 1. The first-order valence-electron chi connectivity index (χ1n) is 4.81. The van der Waals surface area contributed by atoms with Crippen LogP contribution in [0.5, 0.6) is 0 Å². The van der Waals surface area contributed by atoms with E-state index in [1.54, 1.807) is 13.8 Å². The zero-order valence-corrected chi connectivity index (χ0v) is 10.2. The summed E-state index contributed by atoms with van der Waals surface area (Å²) < 4.78 is 25.4. The monoisotopic (exact) mass is 223 g/mol. The Labute approximate surface area is 86.8 Å². The quantitative estimate of drug-likeness (QED) is 0.697. The van der Waals surface area contributed by atoms with Crippen molar-refractivity contribution in [3.63, 3.8) is 0 Å². The standard InChI is InChI=1S/C9H21NO3S/c1-8(2)5-6-14(12,13)10-9(3,4)7-11/h8,10-11H,5-7H2,1-4H3. The van der Waals surface area contributed by atoms with Gasteiger partial charge in [-0.05, 0) is 26.2 Å². The summed E-state index contributed by atoms with van der Waals surface area (Å²) in [5, 5.41) is 8.91. The molecule has 2 N–H and O–H groups in total. The van der Waals surface area contributed by atoms with E-state index in [1.807, 2.05) is 13.8 Å². The molecule has 0 aromatic carbocycles. The molecule has 0 spiro atoms. The van der Waals surface area contributed by atoms with Gasteiger partial charge in [0.15, 0.2) is 0 Å². The van der Waals surface area contributed by atoms with E-state index in [1.165, 1.54) is 0 Å². The SMILES string of the molecule is CC(C)CCS(=O)(=O)NC(C)(C)CO. The van der Waals surface area contributed by atoms with Crippen LogP contribution >= 0.6 is 0 Å². The second kappa shape index (κ2) is 5.09. The number of rotatable bonds is 6. The van der Waals surface area contributed by atoms with Crippen molar-refractivity contribution < 1.29 is 13.5 Å². The summed E-state index contributed by atoms with van der Waals surface area (Å²) in [5.41, 5.74) is -0.768. The molecule has 0 radical (unpaired) electrons. The molecular formula is C9H21NO3S. The Hall–Kier alpha value is -0.130. The molecule has 86 valence electrons. The molecule has 0 aromatic heterocycles. The zero-order valence-electron chi connectivity index (χ0n) is 9.37. The van der Waals surface area contributed by atoms with Crippen LogP contribution in [0.1, 0.15) is 34.1 Å². The van der Waals surface area contributed by atoms with Crippen LogP contribution in [0.2, 0.25) is 0 Å². The van der Waals surface area contributed by atoms with Gasteiger partial charge in [0.1, 0.15) is 0 Å². The maximum Gasteiger partial charge on any atom is 0.212 e. The molecule has 0 aliphatic heterocycles. The highest BCUT2D eigenvalue weighted by molar-refractivity contribution is 7.89. The molecule has 0 saturated heterocycles. The first-order chi connectivity index (χ1) is 6.18. The van der Waals surface area contributed by atoms with Gasteiger partial charge in [0.25, 0.3) is 0 Å². The van der Waals surface area contributed by atoms with E-state index >= 15 is 0 Å². The van der Waals surface area contributed by atoms with Gasteiger partial charge in [-0.25, -0.2) is 13.1 Å². The highest BCUT2D eigenvalue weighted by Crippen LogP contribution is 2.06. The Bertz CT molecular complexity index is 257. The summed E-state index contributed by atoms with van der Waals surface area (Å²) in [6.07, 6.45) is 0.636. The van der Waals surface area contributed by atoms with E-state index in [9.17, 15) is 8.42 Å². The van der Waals surface area contributed by atoms with Crippen molar-refractivity contribution in [3.05, 3.63) is 0 Å². The smallest absolute Gasteiger partial charge is 0.212 e. The van der Waals surface area contributed by atoms with Crippen LogP contribution in [0.15, 0.2) is 0 Å². The summed E-state index contributed by atoms with van der Waals surface area (Å²) >= 11 is 0. The average Bonchev–Trinajstić information content (AvgIpc) is 1.99. The Kier molecular flexibility index (Phi) is 5.05. The molecule has 0 aromatic rings. The van der Waals surface area contributed by atoms with Crippen LogP contribution in [0.3, 0.4) is 0 Å². The lowest BCUT2D eigenvalue weighted by atomic mass is 10.1. The maximum absolute atomic E-state index is 11.5. The van der Waals surface area contributed by atoms with Crippen molar-refractivity contribution in [3.8, 4) is 0 Å². The van der Waals surface area contributed by atoms with Crippen LogP contribution < -0.4 is 4.72 Å². The van der Waals surface area contributed by atoms with E-state index in [-0.39, 0.29) is 12.4 Å². The molecule has 0 aliphatic rings. The van der Waals surface area contributed by atoms with E-state index in [0.29, 0.717) is 12.3 Å². The largest absolute Gasteiger partial charge is 0.394 e. The van der Waals surface area contributed by atoms with Gasteiger partial charge in [0.05, 0.1) is 17.9 Å². The molecule has 0 bridgehead atoms. The van der Waals surface area contributed by atoms with Gasteiger partial charge in [-0.2, -0.15) is 0 Å². The third kappa shape index (κ3) is 6.34. The van der Waals surface area contributed by atoms with Crippen molar-refractivity contribution >= 4 is 10.0 Å². The fraction of sp³-hybridized carbons (Fsp3) is 1.00. The van der Waals surface area contributed by atoms with Crippen LogP contribution in [-0.4, -0.2) is 31.4 Å². The van der Waals surface area contributed by atoms with Gasteiger partial charge < -0.3 is 5.11 Å². The normalized spacial score (nSPS) is 13.6. The highest BCUT2D eigenvalue weighted by atomic mass is 32.2. The predicted octanol–water partition coefficient (Wildman–Crippen LogP) is 0.723. The number of sulfonamides is 1. The van der Waals surface area contributed by atoms with Gasteiger partial charge in [0.2, 0.25) is 10.0 Å². The van der Waals surface area contributed by atoms with Crippen LogP contribution in [0.25, 0.3) is 0 Å². The van der Waals surface area contributed by atoms with Crippen LogP contribution in [0, 0.1) is 5.92 Å². The average molecular weight is 223 g/mol. The minimum absolute atomic E-state index is 0.119. The summed E-state index contributed by atoms with van der Waals surface area (Å²) in [6, 6.07) is 0. The lowest BCUT2D eigenvalue weighted by Crippen LogP contribution is -2.47. The minimum Gasteiger partial charge on any atom is -0.394 e. The number of nitrogens with one attached hydrogen (secondary N) is 1. The summed E-state index contributed by atoms with van der Waals surface area (Å²) in [5.74, 6) is 0.484. The van der Waals surface area contributed by atoms with Gasteiger partial charge in [0, 0.05) is 0 Å². The van der Waals surface area contributed by atoms with Crippen molar-refractivity contribution in [2.45, 2.75) is 39.7 Å². The number of hydrogen-bond acceptors (Lipinski definition) is 3. The Morgan fingerprint density at radius 2 is 1.86 bits per heavy atom. The third-order valence-electron chi connectivity index (χ3n) is 1.79. The molecule has 0 fully saturated rings. The number of aliphatic hydroxyl groups excluding tert-OH is 1. The van der Waals surface area contributed by atoms with Gasteiger partial charge in [-0.3, -0.25) is 0 Å². The predicted molar refractivity (Wildman–Crippen MR) is 57.5 cm³/mol. The number of hydrogen-bond donors (Lipinski definition) is 2. The molecule has 0 atom stereocenters. The molecule has 4 nitrogen and oxygen atoms in total. The molecule has 0 rings (SSSR count). The lowest BCUT2D eigenvalue weighted by Gasteiger charge is -2.23. The van der Waals surface area contributed by atoms with Gasteiger partial charge in [-0.1, -0.05) is 13.8 Å². The Morgan fingerprint density at radius 1 is 1.36 bits per heavy atom. The van der Waals surface area contributed by atoms with Gasteiger partial charge in [-0.15, -0.1) is 0 Å². The highest BCUT2D eigenvalue weighted by Gasteiger charge is 2.23. The summed E-state index contributed by atoms with van der Waals surface area (Å²) in [6.45, 7) is 7.06. The minimum atomic E-state index is -3.26. The maximum atomic E-state index is 11.5. The second-order valence-corrected chi connectivity index (χ2v) is 6.49. The van der Waals surface area contributed by atoms with Crippen molar-refractivity contribution in [1.82, 2.24) is 4.72 Å². The Balaban J connectivity index is 4.22. The summed E-state index contributed by atoms with van der Waals surface area (Å²) in [7, 11) is -3.26. The van der Waals surface area contributed by atoms with Crippen LogP contribution in [-0.2, 0) is 10.0 Å². The van der Waals surface area contributed by atoms with E-state index in [2.05, 4.69) is 4.72 Å². The Morgan fingerprint density at radius 3 is 2.21 bits per heavy atom. The second-order valence-electron chi connectivity index (χ2n) is 4.65. The lowest BCUT2D eigenvalue weighted by molar-refractivity contribution is 0.208. The van der Waals surface area contributed by atoms with E-state index < -0.39 is 15.6 Å². The van der Waals surface area contributed by atoms with Crippen molar-refractivity contribution in [1.29, 1.82) is 0 Å². The molecule has 0 saturated carbocycles. The molecule has 14 heavy (non-hydrogen) atoms. The molecule has 0 aliphatic carbocycles. The van der Waals surface area contributed by atoms with E-state index in [4.69, 9.17) is 5.11 Å².